The number of aromatic nitrogens is 3. The van der Waals surface area contributed by atoms with Gasteiger partial charge in [0.1, 0.15) is 24.0 Å². The quantitative estimate of drug-likeness (QED) is 0.450. The van der Waals surface area contributed by atoms with Gasteiger partial charge >= 0.3 is 0 Å². The number of nitrogens with one attached hydrogen (secondary N) is 1. The van der Waals surface area contributed by atoms with Crippen LogP contribution in [0.5, 0.6) is 5.75 Å². The van der Waals surface area contributed by atoms with Crippen molar-refractivity contribution in [2.24, 2.45) is 10.1 Å². The van der Waals surface area contributed by atoms with Gasteiger partial charge in [0.25, 0.3) is 15.9 Å². The van der Waals surface area contributed by atoms with E-state index in [0.717, 1.165) is 24.4 Å². The number of aryl methyl sites for hydroxylation is 1. The summed E-state index contributed by atoms with van der Waals surface area (Å²) in [7, 11) is -3.64. The first-order chi connectivity index (χ1) is 17.1. The van der Waals surface area contributed by atoms with Gasteiger partial charge in [0, 0.05) is 30.6 Å². The monoisotopic (exact) mass is 510 g/mol. The molecule has 0 bridgehead atoms. The minimum atomic E-state index is -3.64. The van der Waals surface area contributed by atoms with E-state index in [9.17, 15) is 13.2 Å². The van der Waals surface area contributed by atoms with Gasteiger partial charge in [-0.3, -0.25) is 9.78 Å². The molecule has 0 aliphatic carbocycles. The van der Waals surface area contributed by atoms with Crippen LogP contribution in [0.4, 0.5) is 0 Å². The molecule has 1 amide bonds. The highest BCUT2D eigenvalue weighted by Gasteiger charge is 2.27. The van der Waals surface area contributed by atoms with Crippen LogP contribution in [0.25, 0.3) is 0 Å². The Hall–Kier alpha value is -3.73. The minimum Gasteiger partial charge on any atom is -0.490 e. The number of ether oxygens (including phenoxy) is 1. The molecule has 0 saturated carbocycles. The highest BCUT2D eigenvalue weighted by molar-refractivity contribution is 7.89. The van der Waals surface area contributed by atoms with Gasteiger partial charge in [0.2, 0.25) is 0 Å². The molecule has 11 heteroatoms. The van der Waals surface area contributed by atoms with Crippen molar-refractivity contribution in [1.82, 2.24) is 19.9 Å². The molecule has 0 spiro atoms. The maximum atomic E-state index is 13.0. The van der Waals surface area contributed by atoms with E-state index in [2.05, 4.69) is 26.6 Å². The number of fused-ring (bicyclic) bond motifs is 1. The van der Waals surface area contributed by atoms with Crippen molar-refractivity contribution in [1.29, 1.82) is 0 Å². The Labute approximate surface area is 210 Å². The Balaban J connectivity index is 1.43. The average Bonchev–Trinajstić information content (AvgIpc) is 3.23. The van der Waals surface area contributed by atoms with Crippen molar-refractivity contribution >= 4 is 21.8 Å². The SMILES string of the molecule is CCCc1nccn1Cc1cc(C(=O)NC(C)(C)COc2cccc3c2C(N)=NS(=O)(=O)C3)ccn1. The van der Waals surface area contributed by atoms with E-state index < -0.39 is 15.6 Å². The van der Waals surface area contributed by atoms with E-state index in [4.69, 9.17) is 10.5 Å². The molecule has 3 N–H and O–H groups in total. The predicted molar refractivity (Wildman–Crippen MR) is 136 cm³/mol. The topological polar surface area (TPSA) is 142 Å². The number of benzene rings is 1. The van der Waals surface area contributed by atoms with Crippen LogP contribution >= 0.6 is 0 Å². The van der Waals surface area contributed by atoms with E-state index in [0.29, 0.717) is 29.0 Å². The van der Waals surface area contributed by atoms with Gasteiger partial charge in [-0.2, -0.15) is 0 Å². The van der Waals surface area contributed by atoms with Crippen molar-refractivity contribution < 1.29 is 17.9 Å². The summed E-state index contributed by atoms with van der Waals surface area (Å²) in [6.45, 7) is 6.44. The highest BCUT2D eigenvalue weighted by atomic mass is 32.2. The van der Waals surface area contributed by atoms with Crippen LogP contribution in [0.1, 0.15) is 60.2 Å². The van der Waals surface area contributed by atoms with Crippen LogP contribution in [0.2, 0.25) is 0 Å². The molecular formula is C25H30N6O4S. The summed E-state index contributed by atoms with van der Waals surface area (Å²) in [4.78, 5) is 21.8. The Bertz CT molecular complexity index is 1410. The van der Waals surface area contributed by atoms with E-state index in [-0.39, 0.29) is 24.1 Å². The number of nitrogens with two attached hydrogens (primary N) is 1. The maximum absolute atomic E-state index is 13.0. The van der Waals surface area contributed by atoms with Gasteiger partial charge in [-0.15, -0.1) is 4.40 Å². The molecule has 3 aromatic rings. The molecule has 4 rings (SSSR count). The van der Waals surface area contributed by atoms with E-state index in [1.54, 1.807) is 42.7 Å². The first-order valence-electron chi connectivity index (χ1n) is 11.7. The standard InChI is InChI=1S/C25H30N6O4S/c1-4-6-21-28-11-12-31(21)14-19-13-17(9-10-27-19)24(32)29-25(2,3)16-35-20-8-5-7-18-15-36(33,34)30-23(26)22(18)20/h5,7-13H,4,6,14-16H2,1-3H3,(H2,26,30)(H,29,32). The fraction of sp³-hybridized carbons (Fsp3) is 0.360. The molecule has 2 aromatic heterocycles. The fourth-order valence-corrected chi connectivity index (χ4v) is 5.11. The van der Waals surface area contributed by atoms with Crippen molar-refractivity contribution in [3.05, 3.63) is 77.1 Å². The maximum Gasteiger partial charge on any atom is 0.259 e. The zero-order chi connectivity index (χ0) is 25.9. The van der Waals surface area contributed by atoms with Crippen LogP contribution in [0.3, 0.4) is 0 Å². The Morgan fingerprint density at radius 1 is 1.22 bits per heavy atom. The number of rotatable bonds is 9. The minimum absolute atomic E-state index is 0.0991. The molecule has 0 saturated heterocycles. The van der Waals surface area contributed by atoms with E-state index >= 15 is 0 Å². The molecule has 190 valence electrons. The molecule has 1 aliphatic rings. The lowest BCUT2D eigenvalue weighted by Gasteiger charge is -2.27. The third kappa shape index (κ3) is 5.91. The summed E-state index contributed by atoms with van der Waals surface area (Å²) < 4.78 is 35.4. The predicted octanol–water partition coefficient (Wildman–Crippen LogP) is 2.42. The molecule has 0 fully saturated rings. The summed E-state index contributed by atoms with van der Waals surface area (Å²) in [5, 5.41) is 3.00. The van der Waals surface area contributed by atoms with Crippen molar-refractivity contribution in [2.45, 2.75) is 51.4 Å². The van der Waals surface area contributed by atoms with Gasteiger partial charge in [0.15, 0.2) is 0 Å². The molecular weight excluding hydrogens is 480 g/mol. The normalized spacial score (nSPS) is 14.6. The second-order valence-electron chi connectivity index (χ2n) is 9.38. The number of hydrogen-bond acceptors (Lipinski definition) is 7. The summed E-state index contributed by atoms with van der Waals surface area (Å²) in [6.07, 6.45) is 7.17. The number of imidazole rings is 1. The lowest BCUT2D eigenvalue weighted by molar-refractivity contribution is 0.0880. The average molecular weight is 511 g/mol. The second kappa shape index (κ2) is 10.1. The first-order valence-corrected chi connectivity index (χ1v) is 13.3. The molecule has 1 aliphatic heterocycles. The van der Waals surface area contributed by atoms with Crippen molar-refractivity contribution in [3.63, 3.8) is 0 Å². The zero-order valence-corrected chi connectivity index (χ0v) is 21.4. The number of hydrogen-bond donors (Lipinski definition) is 2. The lowest BCUT2D eigenvalue weighted by Crippen LogP contribution is -2.48. The Morgan fingerprint density at radius 3 is 2.81 bits per heavy atom. The van der Waals surface area contributed by atoms with Gasteiger partial charge in [-0.05, 0) is 44.0 Å². The Morgan fingerprint density at radius 2 is 2.03 bits per heavy atom. The Kier molecular flexibility index (Phi) is 7.11. The zero-order valence-electron chi connectivity index (χ0n) is 20.6. The third-order valence-corrected chi connectivity index (χ3v) is 6.82. The van der Waals surface area contributed by atoms with Gasteiger partial charge in [-0.25, -0.2) is 13.4 Å². The van der Waals surface area contributed by atoms with E-state index in [1.165, 1.54) is 0 Å². The van der Waals surface area contributed by atoms with Crippen LogP contribution in [-0.4, -0.2) is 46.8 Å². The molecule has 3 heterocycles. The fourth-order valence-electron chi connectivity index (χ4n) is 4.02. The van der Waals surface area contributed by atoms with Gasteiger partial charge in [0.05, 0.1) is 29.1 Å². The number of pyridine rings is 1. The lowest BCUT2D eigenvalue weighted by atomic mass is 10.0. The van der Waals surface area contributed by atoms with Crippen molar-refractivity contribution in [2.75, 3.05) is 6.61 Å². The van der Waals surface area contributed by atoms with Gasteiger partial charge in [-0.1, -0.05) is 19.1 Å². The molecule has 10 nitrogen and oxygen atoms in total. The highest BCUT2D eigenvalue weighted by Crippen LogP contribution is 2.28. The number of carbonyl (C=O) groups is 1. The van der Waals surface area contributed by atoms with Crippen LogP contribution in [-0.2, 0) is 28.7 Å². The smallest absolute Gasteiger partial charge is 0.259 e. The molecule has 0 radical (unpaired) electrons. The number of carbonyl (C=O) groups excluding carboxylic acids is 1. The number of sulfonamides is 1. The van der Waals surface area contributed by atoms with Crippen LogP contribution in [0, 0.1) is 0 Å². The number of nitrogens with zero attached hydrogens (tertiary/aromatic N) is 4. The summed E-state index contributed by atoms with van der Waals surface area (Å²) >= 11 is 0. The van der Waals surface area contributed by atoms with Crippen LogP contribution in [0.15, 0.2) is 53.3 Å². The number of amidine groups is 1. The molecule has 0 unspecified atom stereocenters. The number of amides is 1. The summed E-state index contributed by atoms with van der Waals surface area (Å²) in [5.74, 6) is 0.815. The molecule has 36 heavy (non-hydrogen) atoms. The summed E-state index contributed by atoms with van der Waals surface area (Å²) in [5.41, 5.74) is 7.42. The summed E-state index contributed by atoms with van der Waals surface area (Å²) in [6, 6.07) is 8.53. The van der Waals surface area contributed by atoms with Crippen LogP contribution < -0.4 is 15.8 Å². The van der Waals surface area contributed by atoms with Gasteiger partial charge < -0.3 is 20.4 Å². The third-order valence-electron chi connectivity index (χ3n) is 5.67. The second-order valence-corrected chi connectivity index (χ2v) is 11.0. The molecule has 0 atom stereocenters. The van der Waals surface area contributed by atoms with Crippen molar-refractivity contribution in [3.8, 4) is 5.75 Å². The van der Waals surface area contributed by atoms with E-state index in [1.807, 2.05) is 24.6 Å². The molecule has 1 aromatic carbocycles. The first kappa shape index (κ1) is 25.4. The largest absolute Gasteiger partial charge is 0.490 e.